The van der Waals surface area contributed by atoms with Crippen LogP contribution in [0.2, 0.25) is 5.02 Å². The molecule has 2 N–H and O–H groups in total. The van der Waals surface area contributed by atoms with Gasteiger partial charge in [-0.15, -0.1) is 6.58 Å². The number of rotatable bonds is 8. The van der Waals surface area contributed by atoms with Crippen molar-refractivity contribution in [2.75, 3.05) is 18.1 Å². The summed E-state index contributed by atoms with van der Waals surface area (Å²) in [7, 11) is 0. The van der Waals surface area contributed by atoms with Crippen LogP contribution in [-0.2, 0) is 19.1 Å². The van der Waals surface area contributed by atoms with Crippen LogP contribution in [0.4, 0.5) is 5.69 Å². The summed E-state index contributed by atoms with van der Waals surface area (Å²) in [6.07, 6.45) is 1.07. The summed E-state index contributed by atoms with van der Waals surface area (Å²) in [5.74, 6) is -4.36. The number of alkyl halides is 1. The van der Waals surface area contributed by atoms with E-state index >= 15 is 0 Å². The van der Waals surface area contributed by atoms with E-state index in [0.29, 0.717) is 16.3 Å². The van der Waals surface area contributed by atoms with E-state index in [2.05, 4.69) is 22.5 Å². The predicted octanol–water partition coefficient (Wildman–Crippen LogP) is 3.73. The number of hydrogen-bond donors (Lipinski definition) is 2. The van der Waals surface area contributed by atoms with E-state index in [0.717, 1.165) is 5.56 Å². The topological polar surface area (TPSA) is 107 Å². The van der Waals surface area contributed by atoms with Gasteiger partial charge in [0, 0.05) is 11.4 Å². The predicted molar refractivity (Wildman–Crippen MR) is 145 cm³/mol. The van der Waals surface area contributed by atoms with Crippen LogP contribution in [-0.4, -0.2) is 68.6 Å². The SMILES string of the molecule is C=CCN(C(=O)C1N([C@H](CO)c2ccccc2)C(=O)[C@@H]2[C@H](C(=O)O)[C@H]3OC12CC3Br)c1c(C)cccc1Cl. The molecular formula is C28H28BrClN2O6. The molecule has 3 saturated heterocycles. The van der Waals surface area contributed by atoms with E-state index < -0.39 is 60.0 Å². The van der Waals surface area contributed by atoms with Gasteiger partial charge in [0.05, 0.1) is 41.3 Å². The van der Waals surface area contributed by atoms with Crippen LogP contribution in [0.15, 0.2) is 61.2 Å². The summed E-state index contributed by atoms with van der Waals surface area (Å²) in [5, 5.41) is 21.0. The van der Waals surface area contributed by atoms with Crippen LogP contribution >= 0.6 is 27.5 Å². The number of nitrogens with zero attached hydrogens (tertiary/aromatic N) is 2. The van der Waals surface area contributed by atoms with Crippen LogP contribution in [0.5, 0.6) is 0 Å². The van der Waals surface area contributed by atoms with E-state index in [-0.39, 0.29) is 17.8 Å². The molecule has 2 bridgehead atoms. The van der Waals surface area contributed by atoms with Crippen LogP contribution in [0.3, 0.4) is 0 Å². The Balaban J connectivity index is 1.70. The second-order valence-electron chi connectivity index (χ2n) is 10.00. The third-order valence-electron chi connectivity index (χ3n) is 7.98. The first kappa shape index (κ1) is 26.9. The van der Waals surface area contributed by atoms with Crippen molar-refractivity contribution in [3.63, 3.8) is 0 Å². The lowest BCUT2D eigenvalue weighted by Crippen LogP contribution is -2.57. The minimum Gasteiger partial charge on any atom is -0.481 e. The molecule has 2 aromatic rings. The van der Waals surface area contributed by atoms with Gasteiger partial charge in [0.1, 0.15) is 11.6 Å². The van der Waals surface area contributed by atoms with Crippen molar-refractivity contribution in [3.05, 3.63) is 77.3 Å². The number of carbonyl (C=O) groups is 3. The molecule has 3 fully saturated rings. The first-order chi connectivity index (χ1) is 18.2. The Hall–Kier alpha value is -2.72. The van der Waals surface area contributed by atoms with Crippen LogP contribution < -0.4 is 4.90 Å². The number of carboxylic acids is 1. The van der Waals surface area contributed by atoms with E-state index in [1.165, 1.54) is 9.80 Å². The van der Waals surface area contributed by atoms with E-state index in [1.807, 2.05) is 19.1 Å². The largest absolute Gasteiger partial charge is 0.481 e. The first-order valence-electron chi connectivity index (χ1n) is 12.4. The molecule has 0 aliphatic carbocycles. The van der Waals surface area contributed by atoms with Crippen LogP contribution in [0.1, 0.15) is 23.6 Å². The zero-order valence-corrected chi connectivity index (χ0v) is 23.0. The van der Waals surface area contributed by atoms with Gasteiger partial charge >= 0.3 is 5.97 Å². The minimum atomic E-state index is -1.40. The molecule has 5 rings (SSSR count). The van der Waals surface area contributed by atoms with Gasteiger partial charge in [0.25, 0.3) is 5.91 Å². The highest BCUT2D eigenvalue weighted by atomic mass is 79.9. The van der Waals surface area contributed by atoms with E-state index in [9.17, 15) is 24.6 Å². The van der Waals surface area contributed by atoms with Crippen molar-refractivity contribution in [1.82, 2.24) is 4.90 Å². The van der Waals surface area contributed by atoms with Crippen molar-refractivity contribution in [1.29, 1.82) is 0 Å². The Morgan fingerprint density at radius 1 is 1.29 bits per heavy atom. The number of anilines is 1. The molecule has 3 heterocycles. The highest BCUT2D eigenvalue weighted by Crippen LogP contribution is 2.61. The molecule has 200 valence electrons. The number of aliphatic hydroxyl groups excluding tert-OH is 1. The molecule has 3 aliphatic heterocycles. The van der Waals surface area contributed by atoms with Gasteiger partial charge in [0.15, 0.2) is 0 Å². The number of carboxylic acid groups (broad SMARTS) is 1. The number of likely N-dealkylation sites (tertiary alicyclic amines) is 1. The quantitative estimate of drug-likeness (QED) is 0.352. The van der Waals surface area contributed by atoms with E-state index in [4.69, 9.17) is 16.3 Å². The smallest absolute Gasteiger partial charge is 0.310 e. The normalized spacial score (nSPS) is 30.3. The minimum absolute atomic E-state index is 0.0986. The second-order valence-corrected chi connectivity index (χ2v) is 11.6. The van der Waals surface area contributed by atoms with Crippen molar-refractivity contribution in [2.45, 2.75) is 42.0 Å². The van der Waals surface area contributed by atoms with E-state index in [1.54, 1.807) is 42.5 Å². The number of hydrogen-bond acceptors (Lipinski definition) is 5. The van der Waals surface area contributed by atoms with Crippen LogP contribution in [0.25, 0.3) is 0 Å². The number of fused-ring (bicyclic) bond motifs is 1. The Bertz CT molecular complexity index is 1270. The molecule has 3 unspecified atom stereocenters. The highest BCUT2D eigenvalue weighted by Gasteiger charge is 2.77. The average molecular weight is 604 g/mol. The molecule has 3 aliphatic rings. The average Bonchev–Trinajstić information content (AvgIpc) is 3.48. The summed E-state index contributed by atoms with van der Waals surface area (Å²) in [6, 6.07) is 12.1. The Morgan fingerprint density at radius 2 is 2.00 bits per heavy atom. The number of para-hydroxylation sites is 1. The fraction of sp³-hybridized carbons (Fsp3) is 0.393. The zero-order chi connectivity index (χ0) is 27.4. The van der Waals surface area contributed by atoms with Gasteiger partial charge in [-0.3, -0.25) is 14.4 Å². The lowest BCUT2D eigenvalue weighted by molar-refractivity contribution is -0.151. The maximum atomic E-state index is 14.7. The third kappa shape index (κ3) is 3.90. The number of aliphatic hydroxyl groups is 1. The van der Waals surface area contributed by atoms with Crippen molar-refractivity contribution in [2.24, 2.45) is 11.8 Å². The summed E-state index contributed by atoms with van der Waals surface area (Å²) in [6.45, 7) is 5.28. The van der Waals surface area contributed by atoms with Gasteiger partial charge in [-0.2, -0.15) is 0 Å². The maximum absolute atomic E-state index is 14.7. The number of benzene rings is 2. The number of aliphatic carboxylic acids is 1. The number of amides is 2. The standard InChI is InChI=1S/C28H28BrClN2O6/c1-3-12-31(22-15(2)8-7-11-18(22)30)26(35)24-28-13-17(29)23(38-28)20(27(36)37)21(28)25(34)32(24)19(14-33)16-9-5-4-6-10-16/h3-11,17,19-21,23-24,33H,1,12-14H2,2H3,(H,36,37)/t17?,19-,20+,21+,23+,24?,28?/m1/s1. The summed E-state index contributed by atoms with van der Waals surface area (Å²) < 4.78 is 6.38. The zero-order valence-electron chi connectivity index (χ0n) is 20.7. The Kier molecular flexibility index (Phi) is 7.15. The molecule has 38 heavy (non-hydrogen) atoms. The molecule has 10 heteroatoms. The summed E-state index contributed by atoms with van der Waals surface area (Å²) in [4.78, 5) is 43.7. The van der Waals surface area contributed by atoms with Crippen LogP contribution in [0, 0.1) is 18.8 Å². The second kappa shape index (κ2) is 10.1. The lowest BCUT2D eigenvalue weighted by atomic mass is 9.70. The number of carbonyl (C=O) groups excluding carboxylic acids is 2. The van der Waals surface area contributed by atoms with Crippen molar-refractivity contribution in [3.8, 4) is 0 Å². The van der Waals surface area contributed by atoms with Gasteiger partial charge in [0.2, 0.25) is 5.91 Å². The maximum Gasteiger partial charge on any atom is 0.310 e. The van der Waals surface area contributed by atoms with Gasteiger partial charge in [-0.25, -0.2) is 0 Å². The monoisotopic (exact) mass is 602 g/mol. The molecule has 8 nitrogen and oxygen atoms in total. The van der Waals surface area contributed by atoms with Crippen molar-refractivity contribution >= 4 is 51.0 Å². The summed E-state index contributed by atoms with van der Waals surface area (Å²) in [5.41, 5.74) is 0.452. The molecule has 2 amide bonds. The molecule has 0 aromatic heterocycles. The Labute approximate surface area is 233 Å². The number of aryl methyl sites for hydroxylation is 1. The molecule has 1 spiro atoms. The third-order valence-corrected chi connectivity index (χ3v) is 9.13. The number of halogens is 2. The summed E-state index contributed by atoms with van der Waals surface area (Å²) >= 11 is 10.1. The lowest BCUT2D eigenvalue weighted by Gasteiger charge is -2.40. The van der Waals surface area contributed by atoms with Crippen molar-refractivity contribution < 1.29 is 29.3 Å². The fourth-order valence-electron chi connectivity index (χ4n) is 6.53. The first-order valence-corrected chi connectivity index (χ1v) is 13.7. The molecule has 2 aromatic carbocycles. The molecule has 0 saturated carbocycles. The molecule has 7 atom stereocenters. The highest BCUT2D eigenvalue weighted by molar-refractivity contribution is 9.09. The van der Waals surface area contributed by atoms with Gasteiger partial charge in [-0.05, 0) is 30.5 Å². The fourth-order valence-corrected chi connectivity index (χ4v) is 7.79. The van der Waals surface area contributed by atoms with Gasteiger partial charge in [-0.1, -0.05) is 76.1 Å². The molecular weight excluding hydrogens is 576 g/mol. The number of ether oxygens (including phenoxy) is 1. The van der Waals surface area contributed by atoms with Gasteiger partial charge < -0.3 is 24.7 Å². The Morgan fingerprint density at radius 3 is 2.61 bits per heavy atom. The molecule has 0 radical (unpaired) electrons.